The van der Waals surface area contributed by atoms with Crippen molar-refractivity contribution < 1.29 is 23.8 Å². The fourth-order valence-electron chi connectivity index (χ4n) is 3.17. The van der Waals surface area contributed by atoms with Crippen molar-refractivity contribution >= 4 is 16.9 Å². The Morgan fingerprint density at radius 3 is 2.84 bits per heavy atom. The number of halogens is 1. The number of hydrogen-bond donors (Lipinski definition) is 3. The van der Waals surface area contributed by atoms with Crippen molar-refractivity contribution in [2.24, 2.45) is 0 Å². The number of nitrogens with two attached hydrogens (primary N) is 1. The number of nitrogens with zero attached hydrogens (tertiary/aromatic N) is 4. The largest absolute Gasteiger partial charge is 0.444 e. The van der Waals surface area contributed by atoms with Crippen molar-refractivity contribution in [2.75, 3.05) is 12.3 Å². The van der Waals surface area contributed by atoms with Gasteiger partial charge in [0.15, 0.2) is 11.9 Å². The Balaban J connectivity index is 1.93. The quantitative estimate of drug-likeness (QED) is 0.628. The van der Waals surface area contributed by atoms with Gasteiger partial charge in [-0.25, -0.2) is 19.3 Å². The Bertz CT molecular complexity index is 910. The van der Waals surface area contributed by atoms with Gasteiger partial charge in [-0.05, 0) is 6.92 Å². The molecule has 10 heteroatoms. The summed E-state index contributed by atoms with van der Waals surface area (Å²) in [5.41, 5.74) is 4.58. The lowest BCUT2D eigenvalue weighted by Crippen LogP contribution is -2.40. The van der Waals surface area contributed by atoms with Crippen LogP contribution < -0.4 is 5.73 Å². The van der Waals surface area contributed by atoms with E-state index in [1.165, 1.54) is 36.5 Å². The SMILES string of the molecule is C[C@]1(F)C(n2cc(-c3ncco3)c3c(N)ncnc32)OC(CO)[C@H]1O. The maximum Gasteiger partial charge on any atom is 0.228 e. The zero-order chi connectivity index (χ0) is 17.8. The molecular weight excluding hydrogens is 333 g/mol. The molecule has 0 radical (unpaired) electrons. The molecule has 4 atom stereocenters. The minimum atomic E-state index is -2.16. The molecule has 0 spiro atoms. The number of ether oxygens (including phenoxy) is 1. The van der Waals surface area contributed by atoms with Gasteiger partial charge >= 0.3 is 0 Å². The molecule has 2 unspecified atom stereocenters. The molecular formula is C15H16FN5O4. The van der Waals surface area contributed by atoms with E-state index in [1.54, 1.807) is 0 Å². The number of nitrogen functional groups attached to an aromatic ring is 1. The van der Waals surface area contributed by atoms with Crippen molar-refractivity contribution in [3.05, 3.63) is 25.0 Å². The third-order valence-electron chi connectivity index (χ3n) is 4.45. The lowest BCUT2D eigenvalue weighted by atomic mass is 9.98. The summed E-state index contributed by atoms with van der Waals surface area (Å²) < 4.78 is 27.4. The zero-order valence-electron chi connectivity index (χ0n) is 13.2. The molecule has 1 fully saturated rings. The fraction of sp³-hybridized carbons (Fsp3) is 0.400. The number of oxazole rings is 1. The topological polar surface area (TPSA) is 132 Å². The first-order valence-corrected chi connectivity index (χ1v) is 7.59. The first-order chi connectivity index (χ1) is 11.9. The number of hydrogen-bond acceptors (Lipinski definition) is 8. The molecule has 1 saturated heterocycles. The van der Waals surface area contributed by atoms with Gasteiger partial charge in [0.25, 0.3) is 0 Å². The average Bonchev–Trinajstić information content (AvgIpc) is 3.27. The van der Waals surface area contributed by atoms with Crippen LogP contribution in [-0.2, 0) is 4.74 Å². The Morgan fingerprint density at radius 2 is 2.20 bits per heavy atom. The van der Waals surface area contributed by atoms with Crippen molar-refractivity contribution in [3.8, 4) is 11.5 Å². The van der Waals surface area contributed by atoms with E-state index in [-0.39, 0.29) is 11.7 Å². The van der Waals surface area contributed by atoms with Crippen molar-refractivity contribution in [2.45, 2.75) is 31.0 Å². The van der Waals surface area contributed by atoms with Gasteiger partial charge in [-0.3, -0.25) is 0 Å². The van der Waals surface area contributed by atoms with E-state index in [2.05, 4.69) is 15.0 Å². The number of aliphatic hydroxyl groups excluding tert-OH is 2. The van der Waals surface area contributed by atoms with Gasteiger partial charge in [0.05, 0.1) is 23.8 Å². The lowest BCUT2D eigenvalue weighted by molar-refractivity contribution is -0.0563. The highest BCUT2D eigenvalue weighted by Gasteiger charge is 2.55. The van der Waals surface area contributed by atoms with Gasteiger partial charge in [0.2, 0.25) is 5.89 Å². The molecule has 0 saturated carbocycles. The molecule has 0 amide bonds. The Kier molecular flexibility index (Phi) is 3.49. The highest BCUT2D eigenvalue weighted by molar-refractivity contribution is 5.98. The normalized spacial score (nSPS) is 29.5. The molecule has 3 aromatic rings. The lowest BCUT2D eigenvalue weighted by Gasteiger charge is -2.25. The van der Waals surface area contributed by atoms with Crippen LogP contribution in [-0.4, -0.2) is 54.2 Å². The number of fused-ring (bicyclic) bond motifs is 1. The fourth-order valence-corrected chi connectivity index (χ4v) is 3.17. The van der Waals surface area contributed by atoms with Crippen LogP contribution in [0.5, 0.6) is 0 Å². The average molecular weight is 349 g/mol. The van der Waals surface area contributed by atoms with Gasteiger partial charge < -0.3 is 29.7 Å². The Hall–Kier alpha value is -2.56. The number of aromatic nitrogens is 4. The van der Waals surface area contributed by atoms with Gasteiger partial charge in [0.1, 0.15) is 36.3 Å². The molecule has 1 aliphatic rings. The van der Waals surface area contributed by atoms with Crippen LogP contribution in [0.4, 0.5) is 10.2 Å². The maximum absolute atomic E-state index is 15.2. The highest BCUT2D eigenvalue weighted by Crippen LogP contribution is 2.44. The van der Waals surface area contributed by atoms with E-state index in [4.69, 9.17) is 14.9 Å². The first-order valence-electron chi connectivity index (χ1n) is 7.59. The summed E-state index contributed by atoms with van der Waals surface area (Å²) in [7, 11) is 0. The van der Waals surface area contributed by atoms with E-state index in [1.807, 2.05) is 0 Å². The second kappa shape index (κ2) is 5.48. The van der Waals surface area contributed by atoms with Crippen LogP contribution in [0.15, 0.2) is 29.4 Å². The van der Waals surface area contributed by atoms with E-state index in [9.17, 15) is 10.2 Å². The van der Waals surface area contributed by atoms with Crippen molar-refractivity contribution in [1.29, 1.82) is 0 Å². The van der Waals surface area contributed by atoms with Gasteiger partial charge in [-0.1, -0.05) is 0 Å². The molecule has 25 heavy (non-hydrogen) atoms. The second-order valence-corrected chi connectivity index (χ2v) is 6.05. The standard InChI is InChI=1S/C15H16FN5O4/c1-15(16)10(23)8(5-22)25-14(15)21-4-7(13-18-2-3-24-13)9-11(17)19-6-20-12(9)21/h2-4,6,8,10,14,22-23H,5H2,1H3,(H2,17,19,20)/t8?,10-,14?,15-/m1/s1. The summed E-state index contributed by atoms with van der Waals surface area (Å²) in [6.45, 7) is 0.694. The molecule has 4 rings (SSSR count). The van der Waals surface area contributed by atoms with Crippen LogP contribution in [0.2, 0.25) is 0 Å². The van der Waals surface area contributed by atoms with Gasteiger partial charge in [0, 0.05) is 6.20 Å². The summed E-state index contributed by atoms with van der Waals surface area (Å²) in [4.78, 5) is 12.2. The molecule has 0 bridgehead atoms. The number of alkyl halides is 1. The Labute approximate surface area is 140 Å². The predicted molar refractivity (Wildman–Crippen MR) is 84.0 cm³/mol. The van der Waals surface area contributed by atoms with Gasteiger partial charge in [-0.15, -0.1) is 0 Å². The molecule has 4 N–H and O–H groups in total. The summed E-state index contributed by atoms with van der Waals surface area (Å²) in [5, 5.41) is 19.9. The third kappa shape index (κ3) is 2.22. The maximum atomic E-state index is 15.2. The minimum Gasteiger partial charge on any atom is -0.444 e. The molecule has 132 valence electrons. The van der Waals surface area contributed by atoms with Crippen LogP contribution in [0.3, 0.4) is 0 Å². The molecule has 1 aliphatic heterocycles. The molecule has 0 aromatic carbocycles. The number of rotatable bonds is 3. The molecule has 3 aromatic heterocycles. The minimum absolute atomic E-state index is 0.176. The van der Waals surface area contributed by atoms with Crippen LogP contribution in [0.1, 0.15) is 13.2 Å². The predicted octanol–water partition coefficient (Wildman–Crippen LogP) is 0.647. The van der Waals surface area contributed by atoms with Crippen molar-refractivity contribution in [1.82, 2.24) is 19.5 Å². The van der Waals surface area contributed by atoms with E-state index in [0.29, 0.717) is 16.6 Å². The smallest absolute Gasteiger partial charge is 0.228 e. The Morgan fingerprint density at radius 1 is 1.40 bits per heavy atom. The summed E-state index contributed by atoms with van der Waals surface area (Å²) in [6.07, 6.45) is 1.88. The monoisotopic (exact) mass is 349 g/mol. The van der Waals surface area contributed by atoms with E-state index < -0.39 is 30.7 Å². The van der Waals surface area contributed by atoms with Crippen LogP contribution in [0.25, 0.3) is 22.5 Å². The second-order valence-electron chi connectivity index (χ2n) is 6.05. The molecule has 0 aliphatic carbocycles. The van der Waals surface area contributed by atoms with E-state index in [0.717, 1.165) is 0 Å². The van der Waals surface area contributed by atoms with Crippen molar-refractivity contribution in [3.63, 3.8) is 0 Å². The highest BCUT2D eigenvalue weighted by atomic mass is 19.1. The zero-order valence-corrected chi connectivity index (χ0v) is 13.2. The van der Waals surface area contributed by atoms with Gasteiger partial charge in [-0.2, -0.15) is 0 Å². The van der Waals surface area contributed by atoms with E-state index >= 15 is 4.39 Å². The number of aliphatic hydroxyl groups is 2. The van der Waals surface area contributed by atoms with Crippen LogP contribution >= 0.6 is 0 Å². The molecule has 4 heterocycles. The summed E-state index contributed by atoms with van der Waals surface area (Å²) >= 11 is 0. The first kappa shape index (κ1) is 15.9. The summed E-state index contributed by atoms with van der Waals surface area (Å²) in [6, 6.07) is 0. The third-order valence-corrected chi connectivity index (χ3v) is 4.45. The summed E-state index contributed by atoms with van der Waals surface area (Å²) in [5.74, 6) is 0.442. The number of anilines is 1. The van der Waals surface area contributed by atoms with Crippen LogP contribution in [0, 0.1) is 0 Å². The molecule has 9 nitrogen and oxygen atoms in total.